The smallest absolute Gasteiger partial charge is 0.251 e. The summed E-state index contributed by atoms with van der Waals surface area (Å²) < 4.78 is 0. The molecule has 1 atom stereocenters. The molecule has 2 rings (SSSR count). The van der Waals surface area contributed by atoms with Gasteiger partial charge >= 0.3 is 0 Å². The summed E-state index contributed by atoms with van der Waals surface area (Å²) in [5, 5.41) is 5.56. The summed E-state index contributed by atoms with van der Waals surface area (Å²) in [6.07, 6.45) is 4.26. The van der Waals surface area contributed by atoms with E-state index in [-0.39, 0.29) is 11.8 Å². The third-order valence-corrected chi connectivity index (χ3v) is 4.16. The molecule has 0 fully saturated rings. The maximum Gasteiger partial charge on any atom is 0.251 e. The van der Waals surface area contributed by atoms with Crippen molar-refractivity contribution >= 4 is 29.3 Å². The average Bonchev–Trinajstić information content (AvgIpc) is 2.65. The molecule has 0 radical (unpaired) electrons. The second-order valence-corrected chi connectivity index (χ2v) is 6.45. The molecule has 0 saturated heterocycles. The number of hydrogen-bond donors (Lipinski definition) is 3. The lowest BCUT2D eigenvalue weighted by Gasteiger charge is -2.12. The largest absolute Gasteiger partial charge is 0.346 e. The van der Waals surface area contributed by atoms with Crippen molar-refractivity contribution in [2.75, 3.05) is 17.3 Å². The zero-order valence-corrected chi connectivity index (χ0v) is 14.9. The third kappa shape index (κ3) is 6.21. The molecule has 7 heteroatoms. The standard InChI is InChI=1S/C18H22N4O2S/c1-25-10-8-16(19)18(24)22-14-7-4-5-13(11-14)17(23)21-12-15-6-2-3-9-20-15/h2-7,9,11,16H,8,10,12,19H2,1H3,(H,21,23)(H,22,24)/t16-/m0/s1. The lowest BCUT2D eigenvalue weighted by molar-refractivity contribution is -0.117. The van der Waals surface area contributed by atoms with E-state index in [4.69, 9.17) is 5.73 Å². The molecule has 0 spiro atoms. The van der Waals surface area contributed by atoms with Crippen molar-refractivity contribution < 1.29 is 9.59 Å². The highest BCUT2D eigenvalue weighted by atomic mass is 32.2. The number of rotatable bonds is 8. The number of nitrogens with two attached hydrogens (primary N) is 1. The van der Waals surface area contributed by atoms with Crippen molar-refractivity contribution in [2.45, 2.75) is 19.0 Å². The van der Waals surface area contributed by atoms with Gasteiger partial charge in [0.05, 0.1) is 18.3 Å². The number of thioether (sulfide) groups is 1. The van der Waals surface area contributed by atoms with Crippen molar-refractivity contribution in [3.63, 3.8) is 0 Å². The fourth-order valence-corrected chi connectivity index (χ4v) is 2.61. The number of pyridine rings is 1. The number of nitrogens with zero attached hydrogens (tertiary/aromatic N) is 1. The van der Waals surface area contributed by atoms with Crippen molar-refractivity contribution in [3.05, 3.63) is 59.9 Å². The molecule has 0 aliphatic rings. The first-order chi connectivity index (χ1) is 12.1. The van der Waals surface area contributed by atoms with E-state index in [9.17, 15) is 9.59 Å². The van der Waals surface area contributed by atoms with Gasteiger partial charge in [0.2, 0.25) is 5.91 Å². The fourth-order valence-electron chi connectivity index (χ4n) is 2.12. The second kappa shape index (κ2) is 9.80. The number of carbonyl (C=O) groups excluding carboxylic acids is 2. The van der Waals surface area contributed by atoms with Crippen molar-refractivity contribution in [1.82, 2.24) is 10.3 Å². The molecule has 0 bridgehead atoms. The Labute approximate surface area is 151 Å². The van der Waals surface area contributed by atoms with Crippen LogP contribution >= 0.6 is 11.8 Å². The van der Waals surface area contributed by atoms with E-state index in [1.54, 1.807) is 42.2 Å². The maximum atomic E-state index is 12.3. The summed E-state index contributed by atoms with van der Waals surface area (Å²) in [6, 6.07) is 11.7. The highest BCUT2D eigenvalue weighted by molar-refractivity contribution is 7.98. The molecule has 1 heterocycles. The van der Waals surface area contributed by atoms with E-state index >= 15 is 0 Å². The van der Waals surface area contributed by atoms with Gasteiger partial charge in [-0.2, -0.15) is 11.8 Å². The minimum absolute atomic E-state index is 0.228. The van der Waals surface area contributed by atoms with E-state index < -0.39 is 6.04 Å². The normalized spacial score (nSPS) is 11.6. The first-order valence-corrected chi connectivity index (χ1v) is 9.33. The molecule has 2 aromatic rings. The summed E-state index contributed by atoms with van der Waals surface area (Å²) in [7, 11) is 0. The van der Waals surface area contributed by atoms with Crippen LogP contribution in [0.15, 0.2) is 48.7 Å². The highest BCUT2D eigenvalue weighted by Gasteiger charge is 2.14. The van der Waals surface area contributed by atoms with Gasteiger partial charge in [0.1, 0.15) is 0 Å². The van der Waals surface area contributed by atoms with Crippen LogP contribution in [-0.2, 0) is 11.3 Å². The Morgan fingerprint density at radius 2 is 2.08 bits per heavy atom. The molecule has 0 saturated carbocycles. The molecular weight excluding hydrogens is 336 g/mol. The van der Waals surface area contributed by atoms with Gasteiger partial charge in [-0.05, 0) is 48.8 Å². The Morgan fingerprint density at radius 1 is 1.24 bits per heavy atom. The minimum atomic E-state index is -0.561. The summed E-state index contributed by atoms with van der Waals surface area (Å²) in [5.74, 6) is 0.346. The highest BCUT2D eigenvalue weighted by Crippen LogP contribution is 2.12. The Kier molecular flexibility index (Phi) is 7.43. The number of carbonyl (C=O) groups is 2. The van der Waals surface area contributed by atoms with Crippen LogP contribution in [0.2, 0.25) is 0 Å². The molecule has 0 aliphatic heterocycles. The van der Waals surface area contributed by atoms with Gasteiger partial charge < -0.3 is 16.4 Å². The molecule has 0 aliphatic carbocycles. The lowest BCUT2D eigenvalue weighted by Crippen LogP contribution is -2.36. The monoisotopic (exact) mass is 358 g/mol. The maximum absolute atomic E-state index is 12.3. The lowest BCUT2D eigenvalue weighted by atomic mass is 10.1. The molecule has 25 heavy (non-hydrogen) atoms. The zero-order chi connectivity index (χ0) is 18.1. The molecule has 132 valence electrons. The fraction of sp³-hybridized carbons (Fsp3) is 0.278. The number of aromatic nitrogens is 1. The zero-order valence-electron chi connectivity index (χ0n) is 14.1. The van der Waals surface area contributed by atoms with E-state index in [1.807, 2.05) is 24.5 Å². The van der Waals surface area contributed by atoms with Crippen LogP contribution in [0.4, 0.5) is 5.69 Å². The van der Waals surface area contributed by atoms with Gasteiger partial charge in [-0.3, -0.25) is 14.6 Å². The second-order valence-electron chi connectivity index (χ2n) is 5.46. The van der Waals surface area contributed by atoms with E-state index in [2.05, 4.69) is 15.6 Å². The molecule has 0 unspecified atom stereocenters. The molecule has 1 aromatic carbocycles. The van der Waals surface area contributed by atoms with Crippen molar-refractivity contribution in [1.29, 1.82) is 0 Å². The van der Waals surface area contributed by atoms with E-state index in [1.165, 1.54) is 0 Å². The Bertz CT molecular complexity index is 709. The van der Waals surface area contributed by atoms with Crippen LogP contribution in [0.3, 0.4) is 0 Å². The predicted molar refractivity (Wildman–Crippen MR) is 101 cm³/mol. The van der Waals surface area contributed by atoms with Crippen molar-refractivity contribution in [2.24, 2.45) is 5.73 Å². The van der Waals surface area contributed by atoms with Gasteiger partial charge in [-0.15, -0.1) is 0 Å². The molecule has 2 amide bonds. The number of benzene rings is 1. The molecule has 4 N–H and O–H groups in total. The number of anilines is 1. The van der Waals surface area contributed by atoms with Crippen LogP contribution in [0, 0.1) is 0 Å². The molecule has 6 nitrogen and oxygen atoms in total. The Balaban J connectivity index is 1.93. The minimum Gasteiger partial charge on any atom is -0.346 e. The summed E-state index contributed by atoms with van der Waals surface area (Å²) in [4.78, 5) is 28.5. The van der Waals surface area contributed by atoms with E-state index in [0.29, 0.717) is 24.2 Å². The first kappa shape index (κ1) is 19.0. The van der Waals surface area contributed by atoms with Gasteiger partial charge in [0.15, 0.2) is 0 Å². The summed E-state index contributed by atoms with van der Waals surface area (Å²) in [5.41, 5.74) is 7.64. The number of amides is 2. The van der Waals surface area contributed by atoms with Gasteiger partial charge in [-0.25, -0.2) is 0 Å². The van der Waals surface area contributed by atoms with Gasteiger partial charge in [0, 0.05) is 17.4 Å². The first-order valence-electron chi connectivity index (χ1n) is 7.93. The molecular formula is C18H22N4O2S. The average molecular weight is 358 g/mol. The number of hydrogen-bond acceptors (Lipinski definition) is 5. The molecule has 1 aromatic heterocycles. The van der Waals surface area contributed by atoms with Gasteiger partial charge in [-0.1, -0.05) is 12.1 Å². The number of nitrogens with one attached hydrogen (secondary N) is 2. The Hall–Kier alpha value is -2.38. The third-order valence-electron chi connectivity index (χ3n) is 3.52. The predicted octanol–water partition coefficient (Wildman–Crippen LogP) is 2.03. The van der Waals surface area contributed by atoms with Crippen LogP contribution in [0.5, 0.6) is 0 Å². The SMILES string of the molecule is CSCC[C@H](N)C(=O)Nc1cccc(C(=O)NCc2ccccn2)c1. The van der Waals surface area contributed by atoms with Crippen LogP contribution in [-0.4, -0.2) is 34.8 Å². The topological polar surface area (TPSA) is 97.1 Å². The van der Waals surface area contributed by atoms with E-state index in [0.717, 1.165) is 11.4 Å². The summed E-state index contributed by atoms with van der Waals surface area (Å²) >= 11 is 1.65. The summed E-state index contributed by atoms with van der Waals surface area (Å²) in [6.45, 7) is 0.343. The van der Waals surface area contributed by atoms with Crippen molar-refractivity contribution in [3.8, 4) is 0 Å². The van der Waals surface area contributed by atoms with Gasteiger partial charge in [0.25, 0.3) is 5.91 Å². The van der Waals surface area contributed by atoms with Crippen LogP contribution in [0.25, 0.3) is 0 Å². The van der Waals surface area contributed by atoms with Crippen LogP contribution < -0.4 is 16.4 Å². The quantitative estimate of drug-likeness (QED) is 0.671. The van der Waals surface area contributed by atoms with Crippen LogP contribution in [0.1, 0.15) is 22.5 Å². The Morgan fingerprint density at radius 3 is 2.80 bits per heavy atom.